The quantitative estimate of drug-likeness (QED) is 0.459. The fourth-order valence-corrected chi connectivity index (χ4v) is 1.46. The van der Waals surface area contributed by atoms with Gasteiger partial charge >= 0.3 is 0 Å². The van der Waals surface area contributed by atoms with Crippen LogP contribution in [0, 0.1) is 0 Å². The molecule has 64 valence electrons. The van der Waals surface area contributed by atoms with Crippen LogP contribution in [0.3, 0.4) is 0 Å². The van der Waals surface area contributed by atoms with Crippen molar-refractivity contribution in [3.05, 3.63) is 0 Å². The van der Waals surface area contributed by atoms with Crippen molar-refractivity contribution in [2.45, 2.75) is 44.6 Å². The molecule has 1 rings (SSSR count). The van der Waals surface area contributed by atoms with Gasteiger partial charge in [-0.1, -0.05) is 0 Å². The number of unbranched alkanes of at least 4 members (excludes halogenated alkanes) is 1. The Kier molecular flexibility index (Phi) is 4.21. The third-order valence-electron chi connectivity index (χ3n) is 2.12. The molecule has 0 aromatic heterocycles. The predicted molar refractivity (Wildman–Crippen MR) is 43.5 cm³/mol. The molecule has 0 saturated carbocycles. The zero-order chi connectivity index (χ0) is 7.94. The second kappa shape index (κ2) is 5.30. The first-order valence-electron chi connectivity index (χ1n) is 4.48. The number of aldehydes is 1. The van der Waals surface area contributed by atoms with Crippen LogP contribution < -0.4 is 0 Å². The molecule has 1 aliphatic heterocycles. The van der Waals surface area contributed by atoms with Gasteiger partial charge in [0.1, 0.15) is 6.29 Å². The molecule has 1 heterocycles. The molecule has 0 N–H and O–H groups in total. The highest BCUT2D eigenvalue weighted by atomic mass is 16.5. The maximum atomic E-state index is 10.0. The number of ether oxygens (including phenoxy) is 1. The summed E-state index contributed by atoms with van der Waals surface area (Å²) in [6.45, 7) is 0.922. The largest absolute Gasteiger partial charge is 0.378 e. The van der Waals surface area contributed by atoms with Crippen molar-refractivity contribution in [1.29, 1.82) is 0 Å². The summed E-state index contributed by atoms with van der Waals surface area (Å²) in [6.07, 6.45) is 7.90. The van der Waals surface area contributed by atoms with Gasteiger partial charge in [-0.15, -0.1) is 0 Å². The van der Waals surface area contributed by atoms with Crippen LogP contribution in [0.5, 0.6) is 0 Å². The molecule has 0 spiro atoms. The Balaban J connectivity index is 2.00. The smallest absolute Gasteiger partial charge is 0.119 e. The van der Waals surface area contributed by atoms with Crippen molar-refractivity contribution in [2.24, 2.45) is 0 Å². The van der Waals surface area contributed by atoms with Crippen LogP contribution in [0.15, 0.2) is 0 Å². The number of carbonyl (C=O) groups excluding carboxylic acids is 1. The summed E-state index contributed by atoms with van der Waals surface area (Å²) < 4.78 is 5.51. The maximum Gasteiger partial charge on any atom is 0.119 e. The molecule has 1 aliphatic rings. The molecule has 0 amide bonds. The molecule has 2 nitrogen and oxygen atoms in total. The van der Waals surface area contributed by atoms with Crippen molar-refractivity contribution in [1.82, 2.24) is 0 Å². The van der Waals surface area contributed by atoms with E-state index in [0.29, 0.717) is 12.5 Å². The SMILES string of the molecule is O=CCCCC1CCCCO1. The zero-order valence-corrected chi connectivity index (χ0v) is 6.92. The Labute approximate surface area is 67.9 Å². The van der Waals surface area contributed by atoms with Crippen LogP contribution in [0.2, 0.25) is 0 Å². The van der Waals surface area contributed by atoms with E-state index in [4.69, 9.17) is 4.74 Å². The molecule has 2 heteroatoms. The molecule has 1 atom stereocenters. The minimum absolute atomic E-state index is 0.448. The molecular weight excluding hydrogens is 140 g/mol. The zero-order valence-electron chi connectivity index (χ0n) is 6.92. The van der Waals surface area contributed by atoms with Crippen molar-refractivity contribution in [2.75, 3.05) is 6.61 Å². The van der Waals surface area contributed by atoms with Crippen LogP contribution >= 0.6 is 0 Å². The Morgan fingerprint density at radius 1 is 1.45 bits per heavy atom. The van der Waals surface area contributed by atoms with Gasteiger partial charge in [0.2, 0.25) is 0 Å². The molecule has 1 saturated heterocycles. The van der Waals surface area contributed by atoms with Crippen molar-refractivity contribution in [3.8, 4) is 0 Å². The average Bonchev–Trinajstić information content (AvgIpc) is 2.07. The second-order valence-corrected chi connectivity index (χ2v) is 3.09. The molecule has 1 fully saturated rings. The molecular formula is C9H16O2. The summed E-state index contributed by atoms with van der Waals surface area (Å²) in [6, 6.07) is 0. The van der Waals surface area contributed by atoms with E-state index < -0.39 is 0 Å². The number of hydrogen-bond donors (Lipinski definition) is 0. The third kappa shape index (κ3) is 3.51. The van der Waals surface area contributed by atoms with E-state index in [1.165, 1.54) is 19.3 Å². The van der Waals surface area contributed by atoms with Crippen molar-refractivity contribution >= 4 is 6.29 Å². The van der Waals surface area contributed by atoms with E-state index >= 15 is 0 Å². The first-order valence-corrected chi connectivity index (χ1v) is 4.48. The van der Waals surface area contributed by atoms with Crippen molar-refractivity contribution < 1.29 is 9.53 Å². The van der Waals surface area contributed by atoms with Gasteiger partial charge in [0.05, 0.1) is 6.10 Å². The monoisotopic (exact) mass is 156 g/mol. The summed E-state index contributed by atoms with van der Waals surface area (Å²) in [5, 5.41) is 0. The number of hydrogen-bond acceptors (Lipinski definition) is 2. The molecule has 0 aliphatic carbocycles. The van der Waals surface area contributed by atoms with Crippen LogP contribution in [-0.4, -0.2) is 19.0 Å². The number of rotatable bonds is 4. The van der Waals surface area contributed by atoms with Gasteiger partial charge in [0.15, 0.2) is 0 Å². The lowest BCUT2D eigenvalue weighted by atomic mass is 10.0. The van der Waals surface area contributed by atoms with Gasteiger partial charge in [-0.05, 0) is 32.1 Å². The molecule has 0 aromatic rings. The summed E-state index contributed by atoms with van der Waals surface area (Å²) in [4.78, 5) is 10.0. The summed E-state index contributed by atoms with van der Waals surface area (Å²) in [5.74, 6) is 0. The first-order chi connectivity index (χ1) is 5.43. The van der Waals surface area contributed by atoms with Crippen molar-refractivity contribution in [3.63, 3.8) is 0 Å². The molecule has 0 aromatic carbocycles. The third-order valence-corrected chi connectivity index (χ3v) is 2.12. The highest BCUT2D eigenvalue weighted by Gasteiger charge is 2.12. The highest BCUT2D eigenvalue weighted by Crippen LogP contribution is 2.17. The topological polar surface area (TPSA) is 26.3 Å². The van der Waals surface area contributed by atoms with E-state index in [1.54, 1.807) is 0 Å². The van der Waals surface area contributed by atoms with Gasteiger partial charge in [-0.25, -0.2) is 0 Å². The first kappa shape index (κ1) is 8.72. The summed E-state index contributed by atoms with van der Waals surface area (Å²) in [7, 11) is 0. The Morgan fingerprint density at radius 2 is 2.36 bits per heavy atom. The molecule has 0 radical (unpaired) electrons. The van der Waals surface area contributed by atoms with Gasteiger partial charge in [0.25, 0.3) is 0 Å². The van der Waals surface area contributed by atoms with E-state index in [-0.39, 0.29) is 0 Å². The van der Waals surface area contributed by atoms with Crippen LogP contribution in [0.25, 0.3) is 0 Å². The Bertz CT molecular complexity index is 106. The Morgan fingerprint density at radius 3 is 3.00 bits per heavy atom. The Hall–Kier alpha value is -0.370. The highest BCUT2D eigenvalue weighted by molar-refractivity contribution is 5.48. The van der Waals surface area contributed by atoms with Gasteiger partial charge in [-0.3, -0.25) is 0 Å². The van der Waals surface area contributed by atoms with Gasteiger partial charge < -0.3 is 9.53 Å². The molecule has 0 bridgehead atoms. The van der Waals surface area contributed by atoms with E-state index in [9.17, 15) is 4.79 Å². The van der Waals surface area contributed by atoms with E-state index in [0.717, 1.165) is 25.7 Å². The minimum atomic E-state index is 0.448. The summed E-state index contributed by atoms with van der Waals surface area (Å²) >= 11 is 0. The summed E-state index contributed by atoms with van der Waals surface area (Å²) in [5.41, 5.74) is 0. The van der Waals surface area contributed by atoms with Gasteiger partial charge in [-0.2, -0.15) is 0 Å². The minimum Gasteiger partial charge on any atom is -0.378 e. The fourth-order valence-electron chi connectivity index (χ4n) is 1.46. The van der Waals surface area contributed by atoms with Gasteiger partial charge in [0, 0.05) is 13.0 Å². The second-order valence-electron chi connectivity index (χ2n) is 3.09. The average molecular weight is 156 g/mol. The lowest BCUT2D eigenvalue weighted by Gasteiger charge is -2.21. The lowest BCUT2D eigenvalue weighted by Crippen LogP contribution is -2.18. The fraction of sp³-hybridized carbons (Fsp3) is 0.889. The maximum absolute atomic E-state index is 10.0. The standard InChI is InChI=1S/C9H16O2/c10-7-3-1-5-9-6-2-4-8-11-9/h7,9H,1-6,8H2. The van der Waals surface area contributed by atoms with Crippen LogP contribution in [-0.2, 0) is 9.53 Å². The van der Waals surface area contributed by atoms with E-state index in [2.05, 4.69) is 0 Å². The van der Waals surface area contributed by atoms with E-state index in [1.807, 2.05) is 0 Å². The lowest BCUT2D eigenvalue weighted by molar-refractivity contribution is -0.108. The predicted octanol–water partition coefficient (Wildman–Crippen LogP) is 1.92. The normalized spacial score (nSPS) is 24.9. The molecule has 1 unspecified atom stereocenters. The number of carbonyl (C=O) groups is 1. The van der Waals surface area contributed by atoms with Crippen LogP contribution in [0.4, 0.5) is 0 Å². The van der Waals surface area contributed by atoms with Crippen LogP contribution in [0.1, 0.15) is 38.5 Å². The molecule has 11 heavy (non-hydrogen) atoms.